The smallest absolute Gasteiger partial charge is 0.387 e. The second-order valence-corrected chi connectivity index (χ2v) is 7.84. The van der Waals surface area contributed by atoms with E-state index < -0.39 is 18.5 Å². The Hall–Kier alpha value is -2.70. The summed E-state index contributed by atoms with van der Waals surface area (Å²) in [5, 5.41) is 3.18. The van der Waals surface area contributed by atoms with Gasteiger partial charge >= 0.3 is 12.6 Å². The Labute approximate surface area is 162 Å². The SMILES string of the molecule is COC(=O)C1=C(C)NC2=C(C(=O)CC(C)(C)C2)C1c1ccccc1OC(F)F. The van der Waals surface area contributed by atoms with E-state index in [9.17, 15) is 18.4 Å². The van der Waals surface area contributed by atoms with Gasteiger partial charge in [-0.05, 0) is 24.8 Å². The molecule has 1 unspecified atom stereocenters. The first-order chi connectivity index (χ1) is 13.1. The molecule has 2 aliphatic rings. The van der Waals surface area contributed by atoms with Crippen molar-refractivity contribution in [2.24, 2.45) is 5.41 Å². The molecular weight excluding hydrogens is 368 g/mol. The van der Waals surface area contributed by atoms with Crippen LogP contribution in [0.25, 0.3) is 0 Å². The van der Waals surface area contributed by atoms with Gasteiger partial charge in [0.25, 0.3) is 0 Å². The van der Waals surface area contributed by atoms with Crippen molar-refractivity contribution >= 4 is 11.8 Å². The predicted molar refractivity (Wildman–Crippen MR) is 98.7 cm³/mol. The molecule has 0 saturated heterocycles. The Morgan fingerprint density at radius 3 is 2.57 bits per heavy atom. The highest BCUT2D eigenvalue weighted by Crippen LogP contribution is 2.48. The molecule has 28 heavy (non-hydrogen) atoms. The lowest BCUT2D eigenvalue weighted by atomic mass is 9.68. The van der Waals surface area contributed by atoms with Crippen molar-refractivity contribution in [1.82, 2.24) is 5.32 Å². The molecule has 3 rings (SSSR count). The number of rotatable bonds is 4. The van der Waals surface area contributed by atoms with E-state index in [-0.39, 0.29) is 22.5 Å². The summed E-state index contributed by atoms with van der Waals surface area (Å²) in [6.45, 7) is 2.68. The number of nitrogens with one attached hydrogen (secondary N) is 1. The fourth-order valence-corrected chi connectivity index (χ4v) is 4.05. The number of esters is 1. The molecule has 1 atom stereocenters. The topological polar surface area (TPSA) is 64.6 Å². The van der Waals surface area contributed by atoms with Crippen LogP contribution in [0, 0.1) is 5.41 Å². The number of alkyl halides is 2. The minimum Gasteiger partial charge on any atom is -0.466 e. The minimum absolute atomic E-state index is 0.0666. The summed E-state index contributed by atoms with van der Waals surface area (Å²) >= 11 is 0. The molecule has 7 heteroatoms. The van der Waals surface area contributed by atoms with E-state index in [4.69, 9.17) is 4.74 Å². The third-order valence-electron chi connectivity index (χ3n) is 5.09. The van der Waals surface area contributed by atoms with Crippen LogP contribution in [0.4, 0.5) is 8.78 Å². The first kappa shape index (κ1) is 20.0. The van der Waals surface area contributed by atoms with Crippen LogP contribution < -0.4 is 10.1 Å². The highest BCUT2D eigenvalue weighted by Gasteiger charge is 2.43. The molecule has 1 aliphatic carbocycles. The zero-order valence-electron chi connectivity index (χ0n) is 16.3. The van der Waals surface area contributed by atoms with Crippen molar-refractivity contribution in [3.63, 3.8) is 0 Å². The third-order valence-corrected chi connectivity index (χ3v) is 5.09. The largest absolute Gasteiger partial charge is 0.466 e. The van der Waals surface area contributed by atoms with E-state index in [1.165, 1.54) is 13.2 Å². The number of para-hydroxylation sites is 1. The van der Waals surface area contributed by atoms with Crippen molar-refractivity contribution in [1.29, 1.82) is 0 Å². The fourth-order valence-electron chi connectivity index (χ4n) is 4.05. The molecule has 1 aromatic rings. The zero-order chi connectivity index (χ0) is 20.6. The molecule has 0 amide bonds. The van der Waals surface area contributed by atoms with Gasteiger partial charge in [0.15, 0.2) is 5.78 Å². The molecule has 0 aromatic heterocycles. The normalized spacial score (nSPS) is 21.4. The Morgan fingerprint density at radius 1 is 1.25 bits per heavy atom. The van der Waals surface area contributed by atoms with Gasteiger partial charge in [-0.25, -0.2) is 4.79 Å². The summed E-state index contributed by atoms with van der Waals surface area (Å²) in [6.07, 6.45) is 0.906. The zero-order valence-corrected chi connectivity index (χ0v) is 16.3. The first-order valence-corrected chi connectivity index (χ1v) is 9.00. The van der Waals surface area contributed by atoms with Gasteiger partial charge in [0.2, 0.25) is 0 Å². The molecule has 5 nitrogen and oxygen atoms in total. The number of Topliss-reactive ketones (excluding diaryl/α,β-unsaturated/α-hetero) is 1. The van der Waals surface area contributed by atoms with Crippen LogP contribution >= 0.6 is 0 Å². The maximum Gasteiger partial charge on any atom is 0.387 e. The molecule has 0 bridgehead atoms. The predicted octanol–water partition coefficient (Wildman–Crippen LogP) is 4.07. The molecule has 0 saturated carbocycles. The molecular formula is C21H23F2NO4. The fraction of sp³-hybridized carbons (Fsp3) is 0.429. The number of carbonyl (C=O) groups is 2. The average Bonchev–Trinajstić information content (AvgIpc) is 2.59. The summed E-state index contributed by atoms with van der Waals surface area (Å²) in [4.78, 5) is 25.6. The number of carbonyl (C=O) groups excluding carboxylic acids is 2. The van der Waals surface area contributed by atoms with Gasteiger partial charge in [0, 0.05) is 29.0 Å². The molecule has 0 radical (unpaired) electrons. The quantitative estimate of drug-likeness (QED) is 0.784. The number of methoxy groups -OCH3 is 1. The Kier molecular flexibility index (Phi) is 5.28. The van der Waals surface area contributed by atoms with E-state index in [0.717, 1.165) is 0 Å². The Morgan fingerprint density at radius 2 is 1.93 bits per heavy atom. The van der Waals surface area contributed by atoms with Crippen molar-refractivity contribution < 1.29 is 27.8 Å². The lowest BCUT2D eigenvalue weighted by Crippen LogP contribution is -2.38. The first-order valence-electron chi connectivity index (χ1n) is 9.00. The van der Waals surface area contributed by atoms with Gasteiger partial charge in [0.05, 0.1) is 18.6 Å². The van der Waals surface area contributed by atoms with Crippen LogP contribution in [0.1, 0.15) is 45.1 Å². The van der Waals surface area contributed by atoms with E-state index in [1.807, 2.05) is 13.8 Å². The van der Waals surface area contributed by atoms with Crippen LogP contribution in [0.2, 0.25) is 0 Å². The summed E-state index contributed by atoms with van der Waals surface area (Å²) in [5.41, 5.74) is 1.98. The lowest BCUT2D eigenvalue weighted by molar-refractivity contribution is -0.136. The summed E-state index contributed by atoms with van der Waals surface area (Å²) in [7, 11) is 1.25. The minimum atomic E-state index is -3.02. The van der Waals surface area contributed by atoms with E-state index in [0.29, 0.717) is 35.4 Å². The number of halogens is 2. The van der Waals surface area contributed by atoms with Crippen LogP contribution in [-0.2, 0) is 14.3 Å². The van der Waals surface area contributed by atoms with E-state index in [1.54, 1.807) is 25.1 Å². The number of hydrogen-bond donors (Lipinski definition) is 1. The molecule has 1 aromatic carbocycles. The Balaban J connectivity index is 2.23. The lowest BCUT2D eigenvalue weighted by Gasteiger charge is -2.39. The van der Waals surface area contributed by atoms with Crippen molar-refractivity contribution in [2.45, 2.75) is 46.1 Å². The Bertz CT molecular complexity index is 886. The van der Waals surface area contributed by atoms with E-state index in [2.05, 4.69) is 10.1 Å². The van der Waals surface area contributed by atoms with Crippen molar-refractivity contribution in [3.8, 4) is 5.75 Å². The number of ether oxygens (including phenoxy) is 2. The van der Waals surface area contributed by atoms with Gasteiger partial charge in [-0.1, -0.05) is 32.0 Å². The number of dihydropyridines is 1. The van der Waals surface area contributed by atoms with Gasteiger partial charge in [-0.3, -0.25) is 4.79 Å². The van der Waals surface area contributed by atoms with Crippen LogP contribution in [0.3, 0.4) is 0 Å². The number of hydrogen-bond acceptors (Lipinski definition) is 5. The summed E-state index contributed by atoms with van der Waals surface area (Å²) in [6, 6.07) is 6.24. The highest BCUT2D eigenvalue weighted by molar-refractivity contribution is 6.04. The van der Waals surface area contributed by atoms with Crippen molar-refractivity contribution in [2.75, 3.05) is 7.11 Å². The van der Waals surface area contributed by atoms with Gasteiger partial charge in [-0.15, -0.1) is 0 Å². The van der Waals surface area contributed by atoms with Crippen LogP contribution in [-0.4, -0.2) is 25.5 Å². The maximum absolute atomic E-state index is 13.1. The maximum atomic E-state index is 13.1. The average molecular weight is 391 g/mol. The second kappa shape index (κ2) is 7.37. The second-order valence-electron chi connectivity index (χ2n) is 7.84. The summed E-state index contributed by atoms with van der Waals surface area (Å²) < 4.78 is 35.5. The summed E-state index contributed by atoms with van der Waals surface area (Å²) in [5.74, 6) is -1.64. The molecule has 0 spiro atoms. The standard InChI is InChI=1S/C21H23F2NO4/c1-11-16(19(26)27-4)17(12-7-5-6-8-15(12)28-20(22)23)18-13(24-11)9-21(2,3)10-14(18)25/h5-8,17,20,24H,9-10H2,1-4H3. The number of allylic oxidation sites excluding steroid dienone is 3. The molecule has 0 fully saturated rings. The van der Waals surface area contributed by atoms with Crippen LogP contribution in [0.15, 0.2) is 46.8 Å². The van der Waals surface area contributed by atoms with Crippen molar-refractivity contribution in [3.05, 3.63) is 52.4 Å². The van der Waals surface area contributed by atoms with Crippen LogP contribution in [0.5, 0.6) is 5.75 Å². The van der Waals surface area contributed by atoms with Gasteiger partial charge in [0.1, 0.15) is 5.75 Å². The molecule has 1 heterocycles. The third kappa shape index (κ3) is 3.66. The highest BCUT2D eigenvalue weighted by atomic mass is 19.3. The van der Waals surface area contributed by atoms with Gasteiger partial charge in [-0.2, -0.15) is 8.78 Å². The number of ketones is 1. The van der Waals surface area contributed by atoms with E-state index >= 15 is 0 Å². The molecule has 1 N–H and O–H groups in total. The molecule has 150 valence electrons. The van der Waals surface area contributed by atoms with Gasteiger partial charge < -0.3 is 14.8 Å². The monoisotopic (exact) mass is 391 g/mol. The molecule has 1 aliphatic heterocycles. The number of benzene rings is 1.